The van der Waals surface area contributed by atoms with Crippen molar-refractivity contribution in [1.29, 1.82) is 0 Å². The van der Waals surface area contributed by atoms with Crippen LogP contribution in [0.2, 0.25) is 0 Å². The third-order valence-electron chi connectivity index (χ3n) is 4.73. The molecule has 0 N–H and O–H groups in total. The summed E-state index contributed by atoms with van der Waals surface area (Å²) in [7, 11) is 2.11. The third kappa shape index (κ3) is 2.64. The van der Waals surface area contributed by atoms with Crippen LogP contribution in [0.25, 0.3) is 11.0 Å². The number of hydrogen-bond acceptors (Lipinski definition) is 0. The van der Waals surface area contributed by atoms with E-state index in [2.05, 4.69) is 80.5 Å². The van der Waals surface area contributed by atoms with Crippen molar-refractivity contribution < 1.29 is 17.0 Å². The summed E-state index contributed by atoms with van der Waals surface area (Å²) in [5.74, 6) is 0. The van der Waals surface area contributed by atoms with Gasteiger partial charge in [0.05, 0.1) is 7.05 Å². The lowest BCUT2D eigenvalue weighted by Gasteiger charge is -2.14. The average Bonchev–Trinajstić information content (AvgIpc) is 2.79. The average molecular weight is 315 g/mol. The van der Waals surface area contributed by atoms with Gasteiger partial charge in [-0.1, -0.05) is 18.2 Å². The van der Waals surface area contributed by atoms with Crippen LogP contribution in [0.4, 0.5) is 0 Å². The Morgan fingerprint density at radius 3 is 2.18 bits per heavy atom. The lowest BCUT2D eigenvalue weighted by atomic mass is 9.94. The number of fused-ring (bicyclic) bond motifs is 1. The fourth-order valence-electron chi connectivity index (χ4n) is 3.17. The standard InChI is InChI=1S/C19H23N2.ClH/c1-13-10-14(2)16(4)17(15(13)3)11-21-12-20(5)18-8-6-7-9-19(18)21;/h6-10,12H,11H2,1-5H3;1H/q+1;/p-1. The van der Waals surface area contributed by atoms with Gasteiger partial charge < -0.3 is 12.4 Å². The molecule has 0 spiro atoms. The Morgan fingerprint density at radius 1 is 0.955 bits per heavy atom. The second-order valence-electron chi connectivity index (χ2n) is 6.08. The molecule has 0 atom stereocenters. The first-order chi connectivity index (χ1) is 9.99. The van der Waals surface area contributed by atoms with Gasteiger partial charge in [0, 0.05) is 0 Å². The molecule has 0 bridgehead atoms. The summed E-state index contributed by atoms with van der Waals surface area (Å²) in [6.07, 6.45) is 2.20. The summed E-state index contributed by atoms with van der Waals surface area (Å²) in [6, 6.07) is 10.9. The van der Waals surface area contributed by atoms with Crippen molar-refractivity contribution in [3.05, 3.63) is 64.5 Å². The van der Waals surface area contributed by atoms with Crippen molar-refractivity contribution in [3.8, 4) is 0 Å². The van der Waals surface area contributed by atoms with Gasteiger partial charge in [0.25, 0.3) is 0 Å². The SMILES string of the molecule is Cc1cc(C)c(C)c(Cn2c[n+](C)c3ccccc32)c1C.[Cl-]. The smallest absolute Gasteiger partial charge is 0.244 e. The van der Waals surface area contributed by atoms with Gasteiger partial charge >= 0.3 is 0 Å². The van der Waals surface area contributed by atoms with E-state index in [1.807, 2.05) is 0 Å². The second-order valence-corrected chi connectivity index (χ2v) is 6.08. The molecule has 2 aromatic carbocycles. The van der Waals surface area contributed by atoms with Gasteiger partial charge in [-0.15, -0.1) is 0 Å². The lowest BCUT2D eigenvalue weighted by molar-refractivity contribution is -0.645. The van der Waals surface area contributed by atoms with Crippen molar-refractivity contribution in [2.24, 2.45) is 7.05 Å². The molecule has 0 saturated carbocycles. The third-order valence-corrected chi connectivity index (χ3v) is 4.73. The van der Waals surface area contributed by atoms with E-state index < -0.39 is 0 Å². The molecule has 0 aliphatic carbocycles. The van der Waals surface area contributed by atoms with E-state index in [9.17, 15) is 0 Å². The monoisotopic (exact) mass is 314 g/mol. The Bertz CT molecular complexity index is 805. The van der Waals surface area contributed by atoms with E-state index in [-0.39, 0.29) is 12.4 Å². The van der Waals surface area contributed by atoms with Gasteiger partial charge in [-0.05, 0) is 67.6 Å². The molecule has 0 radical (unpaired) electrons. The number of aryl methyl sites for hydroxylation is 3. The number of benzene rings is 2. The van der Waals surface area contributed by atoms with Crippen molar-refractivity contribution >= 4 is 11.0 Å². The molecule has 0 unspecified atom stereocenters. The largest absolute Gasteiger partial charge is 1.00 e. The minimum Gasteiger partial charge on any atom is -1.00 e. The Kier molecular flexibility index (Phi) is 4.62. The number of nitrogens with zero attached hydrogens (tertiary/aromatic N) is 2. The fourth-order valence-corrected chi connectivity index (χ4v) is 3.17. The number of hydrogen-bond donors (Lipinski definition) is 0. The predicted molar refractivity (Wildman–Crippen MR) is 87.6 cm³/mol. The molecule has 3 rings (SSSR count). The molecule has 0 aliphatic heterocycles. The summed E-state index contributed by atoms with van der Waals surface area (Å²) in [5.41, 5.74) is 9.61. The summed E-state index contributed by atoms with van der Waals surface area (Å²) in [5, 5.41) is 0. The maximum Gasteiger partial charge on any atom is 0.244 e. The van der Waals surface area contributed by atoms with E-state index in [0.717, 1.165) is 6.54 Å². The first-order valence-corrected chi connectivity index (χ1v) is 7.49. The van der Waals surface area contributed by atoms with Crippen LogP contribution in [-0.2, 0) is 13.6 Å². The number of aromatic nitrogens is 2. The fraction of sp³-hybridized carbons (Fsp3) is 0.316. The van der Waals surface area contributed by atoms with Crippen LogP contribution in [0.3, 0.4) is 0 Å². The predicted octanol–water partition coefficient (Wildman–Crippen LogP) is 0.752. The Labute approximate surface area is 138 Å². The molecule has 1 aromatic heterocycles. The molecule has 3 heteroatoms. The summed E-state index contributed by atoms with van der Waals surface area (Å²) >= 11 is 0. The second kappa shape index (κ2) is 6.13. The molecular formula is C19H23ClN2. The number of imidazole rings is 1. The zero-order valence-electron chi connectivity index (χ0n) is 13.9. The molecule has 116 valence electrons. The Morgan fingerprint density at radius 2 is 1.55 bits per heavy atom. The van der Waals surface area contributed by atoms with E-state index in [0.29, 0.717) is 0 Å². The first kappa shape index (κ1) is 16.6. The zero-order chi connectivity index (χ0) is 15.1. The highest BCUT2D eigenvalue weighted by atomic mass is 35.5. The molecule has 3 aromatic rings. The van der Waals surface area contributed by atoms with Gasteiger partial charge in [0.1, 0.15) is 6.54 Å². The lowest BCUT2D eigenvalue weighted by Crippen LogP contribution is -3.00. The van der Waals surface area contributed by atoms with Crippen LogP contribution in [0, 0.1) is 27.7 Å². The van der Waals surface area contributed by atoms with Crippen LogP contribution in [-0.4, -0.2) is 4.57 Å². The maximum atomic E-state index is 2.35. The molecule has 0 fully saturated rings. The quantitative estimate of drug-likeness (QED) is 0.617. The molecule has 0 amide bonds. The van der Waals surface area contributed by atoms with E-state index >= 15 is 0 Å². The molecule has 22 heavy (non-hydrogen) atoms. The molecule has 0 aliphatic rings. The van der Waals surface area contributed by atoms with Crippen molar-refractivity contribution in [2.75, 3.05) is 0 Å². The van der Waals surface area contributed by atoms with Gasteiger partial charge in [0.2, 0.25) is 6.33 Å². The first-order valence-electron chi connectivity index (χ1n) is 7.49. The highest BCUT2D eigenvalue weighted by molar-refractivity contribution is 5.71. The minimum absolute atomic E-state index is 0. The summed E-state index contributed by atoms with van der Waals surface area (Å²) < 4.78 is 4.55. The Balaban J connectivity index is 0.00000176. The van der Waals surface area contributed by atoms with Crippen molar-refractivity contribution in [1.82, 2.24) is 4.57 Å². The number of para-hydroxylation sites is 2. The van der Waals surface area contributed by atoms with Crippen LogP contribution >= 0.6 is 0 Å². The molecule has 2 nitrogen and oxygen atoms in total. The molecular weight excluding hydrogens is 292 g/mol. The normalized spacial score (nSPS) is 10.8. The molecule has 1 heterocycles. The zero-order valence-corrected chi connectivity index (χ0v) is 14.7. The maximum absolute atomic E-state index is 2.35. The Hall–Kier alpha value is -1.80. The molecule has 0 saturated heterocycles. The van der Waals surface area contributed by atoms with Gasteiger partial charge in [-0.2, -0.15) is 0 Å². The van der Waals surface area contributed by atoms with E-state index in [1.165, 1.54) is 38.9 Å². The van der Waals surface area contributed by atoms with Crippen LogP contribution < -0.4 is 17.0 Å². The van der Waals surface area contributed by atoms with Gasteiger partial charge in [0.15, 0.2) is 11.0 Å². The van der Waals surface area contributed by atoms with Crippen LogP contribution in [0.15, 0.2) is 36.7 Å². The van der Waals surface area contributed by atoms with Crippen molar-refractivity contribution in [2.45, 2.75) is 34.2 Å². The van der Waals surface area contributed by atoms with Crippen LogP contribution in [0.5, 0.6) is 0 Å². The summed E-state index contributed by atoms with van der Waals surface area (Å²) in [6.45, 7) is 9.82. The highest BCUT2D eigenvalue weighted by Crippen LogP contribution is 2.23. The summed E-state index contributed by atoms with van der Waals surface area (Å²) in [4.78, 5) is 0. The van der Waals surface area contributed by atoms with E-state index in [1.54, 1.807) is 0 Å². The minimum atomic E-state index is 0. The topological polar surface area (TPSA) is 8.81 Å². The van der Waals surface area contributed by atoms with Gasteiger partial charge in [-0.3, -0.25) is 0 Å². The van der Waals surface area contributed by atoms with Crippen LogP contribution in [0.1, 0.15) is 27.8 Å². The van der Waals surface area contributed by atoms with Crippen molar-refractivity contribution in [3.63, 3.8) is 0 Å². The van der Waals surface area contributed by atoms with E-state index in [4.69, 9.17) is 0 Å². The highest BCUT2D eigenvalue weighted by Gasteiger charge is 2.16. The van der Waals surface area contributed by atoms with Gasteiger partial charge in [-0.25, -0.2) is 9.13 Å². The number of rotatable bonds is 2. The number of halogens is 1.